The van der Waals surface area contributed by atoms with Gasteiger partial charge in [0.15, 0.2) is 0 Å². The van der Waals surface area contributed by atoms with Gasteiger partial charge in [0.05, 0.1) is 19.5 Å². The minimum atomic E-state index is 0.477. The summed E-state index contributed by atoms with van der Waals surface area (Å²) in [5, 5.41) is 3.12. The normalized spacial score (nSPS) is 9.94. The van der Waals surface area contributed by atoms with Crippen LogP contribution in [0.1, 0.15) is 5.56 Å². The monoisotopic (exact) mass is 231 g/mol. The number of aromatic nitrogens is 3. The van der Waals surface area contributed by atoms with Gasteiger partial charge < -0.3 is 15.8 Å². The number of nitrogens with zero attached hydrogens (tertiary/aromatic N) is 3. The highest BCUT2D eigenvalue weighted by atomic mass is 16.5. The first kappa shape index (κ1) is 11.1. The van der Waals surface area contributed by atoms with Crippen molar-refractivity contribution in [3.8, 4) is 5.88 Å². The van der Waals surface area contributed by atoms with Gasteiger partial charge in [-0.25, -0.2) is 4.98 Å². The minimum absolute atomic E-state index is 0.477. The van der Waals surface area contributed by atoms with Gasteiger partial charge >= 0.3 is 0 Å². The van der Waals surface area contributed by atoms with E-state index >= 15 is 0 Å². The van der Waals surface area contributed by atoms with E-state index < -0.39 is 0 Å². The molecular weight excluding hydrogens is 218 g/mol. The quantitative estimate of drug-likeness (QED) is 0.818. The molecule has 0 fully saturated rings. The largest absolute Gasteiger partial charge is 0.480 e. The molecule has 0 aromatic carbocycles. The topological polar surface area (TPSA) is 86.0 Å². The van der Waals surface area contributed by atoms with Gasteiger partial charge in [-0.2, -0.15) is 4.98 Å². The van der Waals surface area contributed by atoms with Crippen molar-refractivity contribution in [1.29, 1.82) is 0 Å². The number of anilines is 2. The molecule has 0 radical (unpaired) electrons. The lowest BCUT2D eigenvalue weighted by molar-refractivity contribution is 0.396. The first-order valence-corrected chi connectivity index (χ1v) is 5.08. The fourth-order valence-electron chi connectivity index (χ4n) is 1.26. The molecule has 0 spiro atoms. The average Bonchev–Trinajstić information content (AvgIpc) is 2.38. The summed E-state index contributed by atoms with van der Waals surface area (Å²) in [7, 11) is 1.55. The average molecular weight is 231 g/mol. The Hall–Kier alpha value is -2.37. The summed E-state index contributed by atoms with van der Waals surface area (Å²) in [6, 6.07) is 3.66. The van der Waals surface area contributed by atoms with Crippen molar-refractivity contribution in [2.45, 2.75) is 6.54 Å². The Morgan fingerprint density at radius 1 is 1.29 bits per heavy atom. The van der Waals surface area contributed by atoms with Crippen molar-refractivity contribution >= 4 is 11.6 Å². The van der Waals surface area contributed by atoms with E-state index in [-0.39, 0.29) is 0 Å². The Balaban J connectivity index is 1.99. The van der Waals surface area contributed by atoms with Crippen LogP contribution in [0.25, 0.3) is 0 Å². The molecular formula is C11H13N5O. The van der Waals surface area contributed by atoms with Gasteiger partial charge in [0.2, 0.25) is 5.88 Å². The zero-order valence-corrected chi connectivity index (χ0v) is 9.42. The first-order valence-electron chi connectivity index (χ1n) is 5.08. The van der Waals surface area contributed by atoms with E-state index in [2.05, 4.69) is 20.3 Å². The Kier molecular flexibility index (Phi) is 3.34. The molecule has 2 heterocycles. The fraction of sp³-hybridized carbons (Fsp3) is 0.182. The number of hydrogen-bond donors (Lipinski definition) is 2. The van der Waals surface area contributed by atoms with E-state index in [0.717, 1.165) is 5.56 Å². The Morgan fingerprint density at radius 2 is 2.18 bits per heavy atom. The second-order valence-electron chi connectivity index (χ2n) is 3.39. The molecule has 0 unspecified atom stereocenters. The highest BCUT2D eigenvalue weighted by Crippen LogP contribution is 2.09. The van der Waals surface area contributed by atoms with Gasteiger partial charge in [0, 0.05) is 12.7 Å². The third-order valence-electron chi connectivity index (χ3n) is 2.14. The van der Waals surface area contributed by atoms with Crippen LogP contribution >= 0.6 is 0 Å². The lowest BCUT2D eigenvalue weighted by atomic mass is 10.3. The molecule has 0 aliphatic rings. The summed E-state index contributed by atoms with van der Waals surface area (Å²) < 4.78 is 4.98. The van der Waals surface area contributed by atoms with Crippen LogP contribution in [0.5, 0.6) is 5.88 Å². The maximum absolute atomic E-state index is 5.50. The van der Waals surface area contributed by atoms with Crippen molar-refractivity contribution in [1.82, 2.24) is 15.0 Å². The standard InChI is InChI=1S/C11H13N5O/c1-17-11-7-13-6-10(16-11)15-5-8-2-3-9(12)14-4-8/h2-4,6-7H,5H2,1H3,(H2,12,14)(H,15,16). The smallest absolute Gasteiger partial charge is 0.233 e. The van der Waals surface area contributed by atoms with Gasteiger partial charge in [0.25, 0.3) is 0 Å². The third-order valence-corrected chi connectivity index (χ3v) is 2.14. The number of ether oxygens (including phenoxy) is 1. The summed E-state index contributed by atoms with van der Waals surface area (Å²) in [4.78, 5) is 12.2. The second-order valence-corrected chi connectivity index (χ2v) is 3.39. The first-order chi connectivity index (χ1) is 8.28. The van der Waals surface area contributed by atoms with Crippen molar-refractivity contribution in [2.75, 3.05) is 18.2 Å². The molecule has 6 heteroatoms. The number of methoxy groups -OCH3 is 1. The van der Waals surface area contributed by atoms with Crippen LogP contribution in [0.15, 0.2) is 30.7 Å². The third kappa shape index (κ3) is 3.04. The highest BCUT2D eigenvalue weighted by Gasteiger charge is 1.98. The molecule has 3 N–H and O–H groups in total. The number of rotatable bonds is 4. The number of pyridine rings is 1. The van der Waals surface area contributed by atoms with Crippen LogP contribution in [0.2, 0.25) is 0 Å². The molecule has 0 aliphatic heterocycles. The van der Waals surface area contributed by atoms with Gasteiger partial charge in [-0.05, 0) is 11.6 Å². The van der Waals surface area contributed by atoms with Crippen LogP contribution in [0.4, 0.5) is 11.6 Å². The SMILES string of the molecule is COc1cncc(NCc2ccc(N)nc2)n1. The van der Waals surface area contributed by atoms with E-state index in [1.54, 1.807) is 31.8 Å². The second kappa shape index (κ2) is 5.11. The van der Waals surface area contributed by atoms with Gasteiger partial charge in [-0.3, -0.25) is 4.98 Å². The van der Waals surface area contributed by atoms with Crippen LogP contribution in [-0.2, 0) is 6.54 Å². The van der Waals surface area contributed by atoms with E-state index in [0.29, 0.717) is 24.1 Å². The summed E-state index contributed by atoms with van der Waals surface area (Å²) in [5.74, 6) is 1.64. The summed E-state index contributed by atoms with van der Waals surface area (Å²) in [6.45, 7) is 0.606. The number of nitrogens with two attached hydrogens (primary N) is 1. The van der Waals surface area contributed by atoms with Crippen LogP contribution in [0.3, 0.4) is 0 Å². The molecule has 0 atom stereocenters. The maximum atomic E-state index is 5.50. The molecule has 0 saturated carbocycles. The lowest BCUT2D eigenvalue weighted by Gasteiger charge is -2.06. The van der Waals surface area contributed by atoms with Crippen molar-refractivity contribution in [3.05, 3.63) is 36.3 Å². The number of nitrogens with one attached hydrogen (secondary N) is 1. The van der Waals surface area contributed by atoms with Gasteiger partial charge in [-0.15, -0.1) is 0 Å². The molecule has 6 nitrogen and oxygen atoms in total. The van der Waals surface area contributed by atoms with Gasteiger partial charge in [-0.1, -0.05) is 6.07 Å². The van der Waals surface area contributed by atoms with Crippen LogP contribution in [-0.4, -0.2) is 22.1 Å². The Labute approximate surface area is 98.9 Å². The van der Waals surface area contributed by atoms with Crippen molar-refractivity contribution in [2.24, 2.45) is 0 Å². The molecule has 0 saturated heterocycles. The fourth-order valence-corrected chi connectivity index (χ4v) is 1.26. The Bertz CT molecular complexity index is 485. The maximum Gasteiger partial charge on any atom is 0.233 e. The van der Waals surface area contributed by atoms with E-state index in [1.807, 2.05) is 6.07 Å². The molecule has 2 rings (SSSR count). The van der Waals surface area contributed by atoms with Crippen LogP contribution in [0, 0.1) is 0 Å². The Morgan fingerprint density at radius 3 is 2.88 bits per heavy atom. The molecule has 17 heavy (non-hydrogen) atoms. The van der Waals surface area contributed by atoms with Crippen molar-refractivity contribution in [3.63, 3.8) is 0 Å². The lowest BCUT2D eigenvalue weighted by Crippen LogP contribution is -2.03. The summed E-state index contributed by atoms with van der Waals surface area (Å²) in [5.41, 5.74) is 6.52. The molecule has 88 valence electrons. The predicted octanol–water partition coefficient (Wildman–Crippen LogP) is 1.07. The molecule has 2 aromatic heterocycles. The van der Waals surface area contributed by atoms with E-state index in [1.165, 1.54) is 0 Å². The van der Waals surface area contributed by atoms with E-state index in [4.69, 9.17) is 10.5 Å². The molecule has 0 bridgehead atoms. The molecule has 0 amide bonds. The molecule has 2 aromatic rings. The summed E-state index contributed by atoms with van der Waals surface area (Å²) >= 11 is 0. The van der Waals surface area contributed by atoms with Gasteiger partial charge in [0.1, 0.15) is 11.6 Å². The zero-order chi connectivity index (χ0) is 12.1. The van der Waals surface area contributed by atoms with Crippen molar-refractivity contribution < 1.29 is 4.74 Å². The minimum Gasteiger partial charge on any atom is -0.480 e. The number of hydrogen-bond acceptors (Lipinski definition) is 6. The molecule has 0 aliphatic carbocycles. The number of nitrogen functional groups attached to an aromatic ring is 1. The highest BCUT2D eigenvalue weighted by molar-refractivity contribution is 5.36. The zero-order valence-electron chi connectivity index (χ0n) is 9.42. The predicted molar refractivity (Wildman–Crippen MR) is 64.6 cm³/mol. The van der Waals surface area contributed by atoms with E-state index in [9.17, 15) is 0 Å². The van der Waals surface area contributed by atoms with Crippen LogP contribution < -0.4 is 15.8 Å². The summed E-state index contributed by atoms with van der Waals surface area (Å²) in [6.07, 6.45) is 4.90.